The molecule has 1 rings (SSSR count). The number of carbonyl (C=O) groups excluding carboxylic acids is 2. The SMILES string of the molecule is CC(C)COCCN1C(=O)C(C)(C)NC(=O)C1C. The van der Waals surface area contributed by atoms with Crippen LogP contribution in [0.25, 0.3) is 0 Å². The fraction of sp³-hybridized carbons (Fsp3) is 0.846. The number of carbonyl (C=O) groups is 2. The summed E-state index contributed by atoms with van der Waals surface area (Å²) < 4.78 is 5.47. The maximum Gasteiger partial charge on any atom is 0.248 e. The minimum Gasteiger partial charge on any atom is -0.379 e. The zero-order chi connectivity index (χ0) is 13.9. The molecule has 0 radical (unpaired) electrons. The van der Waals surface area contributed by atoms with Crippen LogP contribution in [0.3, 0.4) is 0 Å². The molecule has 0 spiro atoms. The largest absolute Gasteiger partial charge is 0.379 e. The molecule has 0 saturated carbocycles. The summed E-state index contributed by atoms with van der Waals surface area (Å²) in [5.41, 5.74) is -0.818. The zero-order valence-corrected chi connectivity index (χ0v) is 11.9. The summed E-state index contributed by atoms with van der Waals surface area (Å²) >= 11 is 0. The van der Waals surface area contributed by atoms with Crippen molar-refractivity contribution in [3.63, 3.8) is 0 Å². The Bertz CT molecular complexity index is 326. The van der Waals surface area contributed by atoms with E-state index >= 15 is 0 Å². The van der Waals surface area contributed by atoms with E-state index < -0.39 is 11.6 Å². The van der Waals surface area contributed by atoms with Gasteiger partial charge in [-0.3, -0.25) is 9.59 Å². The lowest BCUT2D eigenvalue weighted by molar-refractivity contribution is -0.153. The van der Waals surface area contributed by atoms with E-state index in [0.29, 0.717) is 25.7 Å². The first-order valence-electron chi connectivity index (χ1n) is 6.46. The Hall–Kier alpha value is -1.10. The predicted octanol–water partition coefficient (Wildman–Crippen LogP) is 0.785. The van der Waals surface area contributed by atoms with Crippen molar-refractivity contribution in [1.29, 1.82) is 0 Å². The number of nitrogens with one attached hydrogen (secondary N) is 1. The second-order valence-corrected chi connectivity index (χ2v) is 5.76. The molecule has 0 bridgehead atoms. The molecule has 0 aromatic carbocycles. The van der Waals surface area contributed by atoms with Crippen LogP contribution in [0.1, 0.15) is 34.6 Å². The van der Waals surface area contributed by atoms with E-state index in [0.717, 1.165) is 0 Å². The smallest absolute Gasteiger partial charge is 0.248 e. The number of piperazine rings is 1. The van der Waals surface area contributed by atoms with Crippen molar-refractivity contribution < 1.29 is 14.3 Å². The van der Waals surface area contributed by atoms with Crippen LogP contribution >= 0.6 is 0 Å². The van der Waals surface area contributed by atoms with Crippen molar-refractivity contribution in [2.45, 2.75) is 46.2 Å². The van der Waals surface area contributed by atoms with Crippen molar-refractivity contribution in [3.8, 4) is 0 Å². The number of hydrogen-bond acceptors (Lipinski definition) is 3. The van der Waals surface area contributed by atoms with Gasteiger partial charge in [0.15, 0.2) is 0 Å². The molecule has 0 aliphatic carbocycles. The third-order valence-corrected chi connectivity index (χ3v) is 3.01. The van der Waals surface area contributed by atoms with Crippen LogP contribution in [0.5, 0.6) is 0 Å². The van der Waals surface area contributed by atoms with Gasteiger partial charge < -0.3 is 15.0 Å². The van der Waals surface area contributed by atoms with Gasteiger partial charge in [0.1, 0.15) is 11.6 Å². The van der Waals surface area contributed by atoms with Gasteiger partial charge in [-0.1, -0.05) is 13.8 Å². The molecule has 0 aromatic heterocycles. The van der Waals surface area contributed by atoms with Crippen LogP contribution in [-0.4, -0.2) is 48.1 Å². The molecule has 5 heteroatoms. The summed E-state index contributed by atoms with van der Waals surface area (Å²) in [7, 11) is 0. The molecule has 1 unspecified atom stereocenters. The lowest BCUT2D eigenvalue weighted by Crippen LogP contribution is -2.67. The molecule has 2 amide bonds. The Morgan fingerprint density at radius 2 is 2.00 bits per heavy atom. The molecule has 1 heterocycles. The van der Waals surface area contributed by atoms with Gasteiger partial charge in [0.2, 0.25) is 11.8 Å². The van der Waals surface area contributed by atoms with E-state index in [4.69, 9.17) is 4.74 Å². The summed E-state index contributed by atoms with van der Waals surface area (Å²) in [5, 5.41) is 2.72. The molecule has 1 aliphatic rings. The predicted molar refractivity (Wildman–Crippen MR) is 69.1 cm³/mol. The second kappa shape index (κ2) is 5.69. The lowest BCUT2D eigenvalue weighted by atomic mass is 9.97. The van der Waals surface area contributed by atoms with Gasteiger partial charge in [0.05, 0.1) is 6.61 Å². The van der Waals surface area contributed by atoms with Crippen LogP contribution in [0.4, 0.5) is 0 Å². The number of rotatable bonds is 5. The van der Waals surface area contributed by atoms with Crippen molar-refractivity contribution in [2.75, 3.05) is 19.8 Å². The summed E-state index contributed by atoms with van der Waals surface area (Å²) in [6.07, 6.45) is 0. The van der Waals surface area contributed by atoms with Crippen LogP contribution in [-0.2, 0) is 14.3 Å². The number of hydrogen-bond donors (Lipinski definition) is 1. The van der Waals surface area contributed by atoms with Gasteiger partial charge in [0, 0.05) is 13.2 Å². The molecule has 5 nitrogen and oxygen atoms in total. The van der Waals surface area contributed by atoms with Gasteiger partial charge >= 0.3 is 0 Å². The minimum atomic E-state index is -0.818. The van der Waals surface area contributed by atoms with E-state index in [9.17, 15) is 9.59 Å². The molecule has 1 aliphatic heterocycles. The highest BCUT2D eigenvalue weighted by molar-refractivity contribution is 5.99. The van der Waals surface area contributed by atoms with E-state index in [1.165, 1.54) is 0 Å². The number of nitrogens with zero attached hydrogens (tertiary/aromatic N) is 1. The lowest BCUT2D eigenvalue weighted by Gasteiger charge is -2.41. The maximum absolute atomic E-state index is 12.2. The first-order valence-corrected chi connectivity index (χ1v) is 6.46. The fourth-order valence-corrected chi connectivity index (χ4v) is 1.92. The van der Waals surface area contributed by atoms with Crippen LogP contribution < -0.4 is 5.32 Å². The average Bonchev–Trinajstić information content (AvgIpc) is 2.25. The molecular formula is C13H24N2O3. The highest BCUT2D eigenvalue weighted by atomic mass is 16.5. The number of amides is 2. The topological polar surface area (TPSA) is 58.6 Å². The summed E-state index contributed by atoms with van der Waals surface area (Å²) in [6, 6.07) is -0.423. The van der Waals surface area contributed by atoms with Gasteiger partial charge in [-0.25, -0.2) is 0 Å². The van der Waals surface area contributed by atoms with Crippen molar-refractivity contribution in [1.82, 2.24) is 10.2 Å². The molecule has 1 fully saturated rings. The Labute approximate surface area is 109 Å². The first kappa shape index (κ1) is 15.0. The third kappa shape index (κ3) is 3.45. The van der Waals surface area contributed by atoms with Crippen molar-refractivity contribution >= 4 is 11.8 Å². The van der Waals surface area contributed by atoms with Gasteiger partial charge in [-0.05, 0) is 26.7 Å². The van der Waals surface area contributed by atoms with Crippen LogP contribution in [0.2, 0.25) is 0 Å². The Balaban J connectivity index is 2.56. The standard InChI is InChI=1S/C13H24N2O3/c1-9(2)8-18-7-6-15-10(3)11(16)14-13(4,5)12(15)17/h9-10H,6-8H2,1-5H3,(H,14,16). The summed E-state index contributed by atoms with van der Waals surface area (Å²) in [4.78, 5) is 25.5. The first-order chi connectivity index (χ1) is 8.25. The van der Waals surface area contributed by atoms with Gasteiger partial charge in [0.25, 0.3) is 0 Å². The molecule has 1 atom stereocenters. The molecule has 1 saturated heterocycles. The number of ether oxygens (including phenoxy) is 1. The Kier molecular flexibility index (Phi) is 4.73. The second-order valence-electron chi connectivity index (χ2n) is 5.76. The van der Waals surface area contributed by atoms with Crippen molar-refractivity contribution in [2.24, 2.45) is 5.92 Å². The molecule has 0 aromatic rings. The van der Waals surface area contributed by atoms with E-state index in [1.54, 1.807) is 25.7 Å². The summed E-state index contributed by atoms with van der Waals surface area (Å²) in [5.74, 6) is 0.311. The minimum absolute atomic E-state index is 0.0530. The molecular weight excluding hydrogens is 232 g/mol. The quantitative estimate of drug-likeness (QED) is 0.740. The van der Waals surface area contributed by atoms with E-state index in [2.05, 4.69) is 19.2 Å². The average molecular weight is 256 g/mol. The van der Waals surface area contributed by atoms with Crippen LogP contribution in [0, 0.1) is 5.92 Å². The van der Waals surface area contributed by atoms with E-state index in [1.807, 2.05) is 0 Å². The summed E-state index contributed by atoms with van der Waals surface area (Å²) in [6.45, 7) is 10.9. The van der Waals surface area contributed by atoms with Crippen molar-refractivity contribution in [3.05, 3.63) is 0 Å². The highest BCUT2D eigenvalue weighted by Gasteiger charge is 2.42. The Morgan fingerprint density at radius 3 is 2.56 bits per heavy atom. The van der Waals surface area contributed by atoms with Gasteiger partial charge in [-0.2, -0.15) is 0 Å². The fourth-order valence-electron chi connectivity index (χ4n) is 1.92. The maximum atomic E-state index is 12.2. The zero-order valence-electron chi connectivity index (χ0n) is 11.9. The van der Waals surface area contributed by atoms with Crippen LogP contribution in [0.15, 0.2) is 0 Å². The third-order valence-electron chi connectivity index (χ3n) is 3.01. The van der Waals surface area contributed by atoms with E-state index in [-0.39, 0.29) is 11.8 Å². The molecule has 104 valence electrons. The molecule has 1 N–H and O–H groups in total. The Morgan fingerprint density at radius 1 is 1.39 bits per heavy atom. The van der Waals surface area contributed by atoms with Gasteiger partial charge in [-0.15, -0.1) is 0 Å². The highest BCUT2D eigenvalue weighted by Crippen LogP contribution is 2.17. The monoisotopic (exact) mass is 256 g/mol. The normalized spacial score (nSPS) is 23.4. The molecule has 18 heavy (non-hydrogen) atoms.